The van der Waals surface area contributed by atoms with Crippen LogP contribution in [0.4, 0.5) is 0 Å². The highest BCUT2D eigenvalue weighted by Gasteiger charge is 2.40. The molecule has 9 nitrogen and oxygen atoms in total. The summed E-state index contributed by atoms with van der Waals surface area (Å²) in [5.74, 6) is 1.54. The molecule has 9 heteroatoms. The lowest BCUT2D eigenvalue weighted by Gasteiger charge is -2.46. The number of nitrogens with zero attached hydrogens (tertiary/aromatic N) is 2. The molecule has 3 aromatic carbocycles. The number of carbonyl (C=O) groups excluding carboxylic acids is 2. The van der Waals surface area contributed by atoms with Crippen molar-refractivity contribution in [3.05, 3.63) is 101 Å². The topological polar surface area (TPSA) is 80.3 Å². The van der Waals surface area contributed by atoms with Crippen LogP contribution in [0.2, 0.25) is 0 Å². The predicted molar refractivity (Wildman–Crippen MR) is 188 cm³/mol. The highest BCUT2D eigenvalue weighted by atomic mass is 16.5. The minimum Gasteiger partial charge on any atom is -0.497 e. The molecule has 4 atom stereocenters. The van der Waals surface area contributed by atoms with Crippen molar-refractivity contribution in [2.75, 3.05) is 74.8 Å². The molecule has 0 N–H and O–H groups in total. The number of esters is 2. The Morgan fingerprint density at radius 2 is 1.51 bits per heavy atom. The molecule has 5 rings (SSSR count). The van der Waals surface area contributed by atoms with Crippen LogP contribution in [0.15, 0.2) is 78.9 Å². The number of ether oxygens (including phenoxy) is 5. The Hall–Kier alpha value is -4.34. The molecule has 49 heavy (non-hydrogen) atoms. The number of rotatable bonds is 15. The fraction of sp³-hybridized carbons (Fsp3) is 0.450. The molecule has 0 amide bonds. The summed E-state index contributed by atoms with van der Waals surface area (Å²) in [5, 5.41) is 0. The lowest BCUT2D eigenvalue weighted by molar-refractivity contribution is -0.941. The summed E-state index contributed by atoms with van der Waals surface area (Å²) >= 11 is 0. The van der Waals surface area contributed by atoms with Crippen LogP contribution in [0.3, 0.4) is 0 Å². The molecule has 2 aliphatic rings. The molecule has 2 heterocycles. The van der Waals surface area contributed by atoms with Gasteiger partial charge in [0.25, 0.3) is 0 Å². The van der Waals surface area contributed by atoms with Gasteiger partial charge in [-0.2, -0.15) is 0 Å². The zero-order chi connectivity index (χ0) is 34.9. The zero-order valence-corrected chi connectivity index (χ0v) is 29.7. The molecule has 0 aromatic heterocycles. The number of hydrogen-bond acceptors (Lipinski definition) is 7. The van der Waals surface area contributed by atoms with E-state index in [-0.39, 0.29) is 12.6 Å². The van der Waals surface area contributed by atoms with Crippen molar-refractivity contribution in [3.63, 3.8) is 0 Å². The van der Waals surface area contributed by atoms with E-state index in [1.807, 2.05) is 18.2 Å². The number of likely N-dealkylation sites (N-methyl/N-ethyl adjacent to an activating group) is 1. The van der Waals surface area contributed by atoms with E-state index in [2.05, 4.69) is 62.6 Å². The highest BCUT2D eigenvalue weighted by Crippen LogP contribution is 2.42. The molecule has 0 radical (unpaired) electrons. The van der Waals surface area contributed by atoms with Crippen LogP contribution < -0.4 is 14.2 Å². The fourth-order valence-electron chi connectivity index (χ4n) is 7.55. The zero-order valence-electron chi connectivity index (χ0n) is 29.7. The second-order valence-electron chi connectivity index (χ2n) is 14.0. The molecule has 0 aliphatic carbocycles. The maximum atomic E-state index is 12.5. The highest BCUT2D eigenvalue weighted by molar-refractivity contribution is 5.91. The van der Waals surface area contributed by atoms with Crippen LogP contribution >= 0.6 is 0 Å². The van der Waals surface area contributed by atoms with E-state index in [0.29, 0.717) is 18.9 Å². The number of methoxy groups -OCH3 is 3. The van der Waals surface area contributed by atoms with Gasteiger partial charge in [-0.3, -0.25) is 0 Å². The number of carbonyl (C=O) groups is 2. The minimum atomic E-state index is -0.539. The smallest absolute Gasteiger partial charge is 0.331 e. The molecule has 262 valence electrons. The molecular weight excluding hydrogens is 620 g/mol. The fourth-order valence-corrected chi connectivity index (χ4v) is 7.55. The van der Waals surface area contributed by atoms with Gasteiger partial charge in [-0.05, 0) is 35.4 Å². The first-order valence-electron chi connectivity index (χ1n) is 17.2. The van der Waals surface area contributed by atoms with E-state index in [1.165, 1.54) is 34.4 Å². The third-order valence-corrected chi connectivity index (χ3v) is 10.3. The second-order valence-corrected chi connectivity index (χ2v) is 14.0. The third kappa shape index (κ3) is 9.43. The lowest BCUT2D eigenvalue weighted by Crippen LogP contribution is -2.52. The van der Waals surface area contributed by atoms with E-state index in [1.54, 1.807) is 21.3 Å². The summed E-state index contributed by atoms with van der Waals surface area (Å²) < 4.78 is 29.4. The SMILES string of the molecule is COc1ccc(CC2c3cc(OC)c(OC)cc3CC[N+]2(C)CCCOC(=O)C=CC(=O)OCC2CC[N+](C)(Cc3ccccc3)C2)cc1. The monoisotopic (exact) mass is 672 g/mol. The second kappa shape index (κ2) is 16.4. The van der Waals surface area contributed by atoms with E-state index < -0.39 is 11.9 Å². The summed E-state index contributed by atoms with van der Waals surface area (Å²) in [6, 6.07) is 23.1. The third-order valence-electron chi connectivity index (χ3n) is 10.3. The summed E-state index contributed by atoms with van der Waals surface area (Å²) in [4.78, 5) is 24.9. The minimum absolute atomic E-state index is 0.164. The van der Waals surface area contributed by atoms with Gasteiger partial charge >= 0.3 is 11.9 Å². The molecule has 0 saturated carbocycles. The van der Waals surface area contributed by atoms with Crippen molar-refractivity contribution in [1.29, 1.82) is 0 Å². The van der Waals surface area contributed by atoms with Gasteiger partial charge in [0.1, 0.15) is 24.9 Å². The van der Waals surface area contributed by atoms with Gasteiger partial charge in [-0.25, -0.2) is 9.59 Å². The Morgan fingerprint density at radius 3 is 2.20 bits per heavy atom. The largest absolute Gasteiger partial charge is 0.497 e. The van der Waals surface area contributed by atoms with Gasteiger partial charge in [-0.15, -0.1) is 0 Å². The molecule has 1 saturated heterocycles. The molecule has 2 aliphatic heterocycles. The number of quaternary nitrogens is 2. The summed E-state index contributed by atoms with van der Waals surface area (Å²) in [6.07, 6.45) is 5.78. The van der Waals surface area contributed by atoms with Crippen LogP contribution in [0.25, 0.3) is 0 Å². The Kier molecular flexibility index (Phi) is 12.0. The van der Waals surface area contributed by atoms with Crippen molar-refractivity contribution >= 4 is 11.9 Å². The summed E-state index contributed by atoms with van der Waals surface area (Å²) in [6.45, 7) is 5.35. The molecule has 0 bridgehead atoms. The Bertz CT molecular complexity index is 1590. The normalized spacial score (nSPS) is 23.1. The number of hydrogen-bond donors (Lipinski definition) is 0. The molecule has 4 unspecified atom stereocenters. The van der Waals surface area contributed by atoms with Gasteiger partial charge in [0.05, 0.1) is 68.2 Å². The van der Waals surface area contributed by atoms with Crippen LogP contribution in [0, 0.1) is 5.92 Å². The summed E-state index contributed by atoms with van der Waals surface area (Å²) in [5.41, 5.74) is 5.05. The van der Waals surface area contributed by atoms with Crippen molar-refractivity contribution < 1.29 is 42.2 Å². The Labute approximate surface area is 291 Å². The average Bonchev–Trinajstić information content (AvgIpc) is 3.49. The quantitative estimate of drug-likeness (QED) is 0.0888. The maximum Gasteiger partial charge on any atom is 0.331 e. The van der Waals surface area contributed by atoms with Crippen LogP contribution in [0.1, 0.15) is 41.1 Å². The van der Waals surface area contributed by atoms with Crippen molar-refractivity contribution in [2.24, 2.45) is 5.92 Å². The van der Waals surface area contributed by atoms with Gasteiger partial charge in [-0.1, -0.05) is 42.5 Å². The Balaban J connectivity index is 1.11. The molecular formula is C40H52N2O7+2. The number of likely N-dealkylation sites (tertiary alicyclic amines) is 1. The lowest BCUT2D eigenvalue weighted by atomic mass is 9.86. The molecule has 0 spiro atoms. The van der Waals surface area contributed by atoms with Crippen LogP contribution in [0.5, 0.6) is 17.2 Å². The van der Waals surface area contributed by atoms with Crippen molar-refractivity contribution in [3.8, 4) is 17.2 Å². The van der Waals surface area contributed by atoms with E-state index in [4.69, 9.17) is 23.7 Å². The number of fused-ring (bicyclic) bond motifs is 1. The Morgan fingerprint density at radius 1 is 0.816 bits per heavy atom. The maximum absolute atomic E-state index is 12.5. The first kappa shape index (κ1) is 36.0. The van der Waals surface area contributed by atoms with E-state index >= 15 is 0 Å². The van der Waals surface area contributed by atoms with E-state index in [0.717, 1.165) is 78.2 Å². The average molecular weight is 673 g/mol. The van der Waals surface area contributed by atoms with Gasteiger partial charge in [0.15, 0.2) is 11.5 Å². The van der Waals surface area contributed by atoms with Crippen LogP contribution in [-0.2, 0) is 38.4 Å². The first-order valence-corrected chi connectivity index (χ1v) is 17.2. The number of benzene rings is 3. The molecule has 1 fully saturated rings. The van der Waals surface area contributed by atoms with Crippen molar-refractivity contribution in [1.82, 2.24) is 0 Å². The van der Waals surface area contributed by atoms with Gasteiger partial charge in [0.2, 0.25) is 0 Å². The van der Waals surface area contributed by atoms with E-state index in [9.17, 15) is 9.59 Å². The van der Waals surface area contributed by atoms with Gasteiger partial charge in [0, 0.05) is 54.9 Å². The van der Waals surface area contributed by atoms with Crippen molar-refractivity contribution in [2.45, 2.75) is 38.3 Å². The summed E-state index contributed by atoms with van der Waals surface area (Å²) in [7, 11) is 9.54. The standard InChI is InChI=1S/C40H52N2O7/c1-41(27-31-10-7-6-8-11-31)21-18-32(28-41)29-49-40(44)17-16-39(43)48-23-9-20-42(2)22-19-33-25-37(46-4)38(47-5)26-35(33)36(42)24-30-12-14-34(45-3)15-13-30/h6-8,10-17,25-26,32,36H,9,18-24,27-29H2,1-5H3/q+2. The van der Waals surface area contributed by atoms with Gasteiger partial charge < -0.3 is 32.7 Å². The predicted octanol–water partition coefficient (Wildman–Crippen LogP) is 5.70. The first-order chi connectivity index (χ1) is 23.6. The molecule has 3 aromatic rings. The van der Waals surface area contributed by atoms with Crippen LogP contribution in [-0.4, -0.2) is 95.7 Å².